The molecule has 3 unspecified atom stereocenters. The zero-order chi connectivity index (χ0) is 87.2. The smallest absolute Gasteiger partial charge is 0.410 e. The fraction of sp³-hybridized carbons (Fsp3) is 0.416. The quantitative estimate of drug-likeness (QED) is 0.0672. The van der Waals surface area contributed by atoms with Crippen LogP contribution in [-0.2, 0) is 60.1 Å². The second-order valence-corrected chi connectivity index (χ2v) is 37.0. The van der Waals surface area contributed by atoms with Crippen molar-refractivity contribution in [2.75, 3.05) is 91.0 Å². The number of hydrogen-bond acceptors (Lipinski definition) is 21. The van der Waals surface area contributed by atoms with Crippen molar-refractivity contribution in [3.63, 3.8) is 0 Å². The average molecular weight is 1800 g/mol. The Hall–Kier alpha value is -10.4. The third-order valence-electron chi connectivity index (χ3n) is 21.8. The number of aryl methyl sites for hydroxylation is 3. The molecule has 6 aromatic heterocycles. The third kappa shape index (κ3) is 22.1. The highest BCUT2D eigenvalue weighted by atomic mass is 35.5. The summed E-state index contributed by atoms with van der Waals surface area (Å²) in [5, 5.41) is 7.83. The minimum atomic E-state index is -3.62. The molecule has 9 heterocycles. The second kappa shape index (κ2) is 40.7. The molecule has 9 aromatic rings. The van der Waals surface area contributed by atoms with Gasteiger partial charge in [-0.1, -0.05) is 86.1 Å². The van der Waals surface area contributed by atoms with Gasteiger partial charge >= 0.3 is 24.4 Å². The number of pyridine rings is 3. The Labute approximate surface area is 741 Å². The van der Waals surface area contributed by atoms with E-state index in [0.29, 0.717) is 105 Å². The summed E-state index contributed by atoms with van der Waals surface area (Å²) >= 11 is 19.8. The van der Waals surface area contributed by atoms with E-state index >= 15 is 0 Å². The van der Waals surface area contributed by atoms with Gasteiger partial charge < -0.3 is 53.1 Å². The Morgan fingerprint density at radius 1 is 0.419 bits per heavy atom. The monoisotopic (exact) mass is 1790 g/mol. The molecule has 0 saturated carbocycles. The van der Waals surface area contributed by atoms with Crippen molar-refractivity contribution in [2.24, 2.45) is 21.1 Å². The van der Waals surface area contributed by atoms with Gasteiger partial charge in [0.1, 0.15) is 0 Å². The van der Waals surface area contributed by atoms with Crippen molar-refractivity contribution in [3.8, 4) is 0 Å². The van der Waals surface area contributed by atoms with Crippen molar-refractivity contribution in [2.45, 2.75) is 131 Å². The second-order valence-electron chi connectivity index (χ2n) is 31.9. The van der Waals surface area contributed by atoms with E-state index in [2.05, 4.69) is 57.2 Å². The predicted molar refractivity (Wildman–Crippen MR) is 483 cm³/mol. The largest absolute Gasteiger partial charge is 0.447 e. The van der Waals surface area contributed by atoms with Crippen LogP contribution in [0.3, 0.4) is 0 Å². The molecule has 3 aromatic carbocycles. The molecule has 4 amide bonds. The molecule has 0 spiro atoms. The number of carbonyl (C=O) groups is 4. The van der Waals surface area contributed by atoms with E-state index < -0.39 is 50.4 Å². The minimum absolute atomic E-state index is 0. The fourth-order valence-electron chi connectivity index (χ4n) is 16.4. The minimum Gasteiger partial charge on any atom is -0.447 e. The first-order valence-electron chi connectivity index (χ1n) is 40.4. The number of piperazine rings is 3. The number of rotatable bonds is 18. The van der Waals surface area contributed by atoms with Crippen LogP contribution in [0.1, 0.15) is 191 Å². The molecule has 3 aliphatic heterocycles. The first kappa shape index (κ1) is 94.3. The lowest BCUT2D eigenvalue weighted by Gasteiger charge is -2.39. The van der Waals surface area contributed by atoms with Gasteiger partial charge in [0, 0.05) is 133 Å². The Morgan fingerprint density at radius 2 is 0.718 bits per heavy atom. The van der Waals surface area contributed by atoms with Gasteiger partial charge in [0.25, 0.3) is 0 Å². The van der Waals surface area contributed by atoms with Crippen molar-refractivity contribution in [1.82, 2.24) is 87.8 Å². The highest BCUT2D eigenvalue weighted by Gasteiger charge is 2.42. The molecule has 124 heavy (non-hydrogen) atoms. The maximum Gasteiger partial charge on any atom is 0.410 e. The molecule has 0 bridgehead atoms. The molecule has 3 aliphatic carbocycles. The number of ether oxygens (including phenoxy) is 4. The number of amides is 4. The maximum absolute atomic E-state index is 13.0. The summed E-state index contributed by atoms with van der Waals surface area (Å²) in [5.74, 6) is 0. The summed E-state index contributed by atoms with van der Waals surface area (Å²) in [4.78, 5) is 89.0. The number of fused-ring (bicyclic) bond motifs is 6. The van der Waals surface area contributed by atoms with Crippen molar-refractivity contribution in [1.29, 1.82) is 0 Å². The standard InChI is InChI=1S/2C31H37ClN6O4.C25H29ClN6O4S2.2CH4/c2*1-19(2)41-30(39)35-28(26-17-33-18-36(26)5)25-15-21-7-6-10-34-27(21)29(23-9-8-22(32)16-24(23)25)37-11-13-38(14-12-37)31(40)42-20(3)4;1-30-16-27-15-22(30)24(29-37(2,33)34)21-13-17-5-4-8-28-23(17)25(19-7-6-18(26)14-20(19)21)31-9-11-32(12-10-31)38(3,35)36;;/h2*6-10,15-20,28-29H,11-14H2,1-5H3,(H,35,39);4-8,13-16,24-25,29H,9-12H2,1-3H3;2*1H4/t2*28?,29-;24?,25-;;/m000../s1. The first-order chi connectivity index (χ1) is 58.2. The van der Waals surface area contributed by atoms with Gasteiger partial charge in [0.15, 0.2) is 0 Å². The van der Waals surface area contributed by atoms with E-state index in [9.17, 15) is 36.0 Å². The zero-order valence-corrected chi connectivity index (χ0v) is 74.3. The number of halogens is 3. The molecule has 3 fully saturated rings. The van der Waals surface area contributed by atoms with Gasteiger partial charge in [-0.3, -0.25) is 29.7 Å². The number of alkyl carbamates (subject to hydrolysis) is 2. The number of sulfonamides is 2. The molecule has 3 saturated heterocycles. The van der Waals surface area contributed by atoms with Crippen molar-refractivity contribution in [3.05, 3.63) is 246 Å². The van der Waals surface area contributed by atoms with Crippen LogP contribution >= 0.6 is 34.8 Å². The summed E-state index contributed by atoms with van der Waals surface area (Å²) in [5.41, 5.74) is 15.4. The molecule has 6 atom stereocenters. The number of carbonyl (C=O) groups excluding carboxylic acids is 4. The van der Waals surface area contributed by atoms with Gasteiger partial charge in [-0.25, -0.2) is 55.7 Å². The van der Waals surface area contributed by atoms with Crippen LogP contribution < -0.4 is 15.4 Å². The number of hydrogen-bond donors (Lipinski definition) is 3. The van der Waals surface area contributed by atoms with Gasteiger partial charge in [-0.05, 0) is 195 Å². The molecule has 6 aliphatic rings. The van der Waals surface area contributed by atoms with Crippen LogP contribution in [0.5, 0.6) is 0 Å². The molecule has 15 rings (SSSR count). The number of aromatic nitrogens is 9. The Balaban J connectivity index is 0.000000180. The molecular weight excluding hydrogens is 1680 g/mol. The van der Waals surface area contributed by atoms with E-state index in [1.165, 1.54) is 10.6 Å². The molecule has 3 N–H and O–H groups in total. The molecule has 0 radical (unpaired) electrons. The van der Waals surface area contributed by atoms with E-state index in [0.717, 1.165) is 95.9 Å². The van der Waals surface area contributed by atoms with Crippen LogP contribution in [0.25, 0.3) is 34.9 Å². The lowest BCUT2D eigenvalue weighted by molar-refractivity contribution is 0.0506. The van der Waals surface area contributed by atoms with E-state index in [-0.39, 0.29) is 69.6 Å². The van der Waals surface area contributed by atoms with Crippen LogP contribution in [0.15, 0.2) is 147 Å². The fourth-order valence-corrected chi connectivity index (χ4v) is 18.4. The lowest BCUT2D eigenvalue weighted by atomic mass is 9.90. The SMILES string of the molecule is C.C.CC(C)OC(=O)NC(C1=Cc2cccnc2[C@@H](N2CCN(C(=O)OC(C)C)CC2)c2ccc(Cl)cc21)c1cncn1C.CC(C)OC(=O)NC(C1=Cc2cccnc2[C@@H](N2CCN(C(=O)OC(C)C)CC2)c2ccc(Cl)cc21)c1cncn1C.Cn1cncc1C(NS(C)(=O)=O)C1=Cc2cccnc2[C@@H](N2CCN(S(C)(=O)=O)CC2)c2ccc(Cl)cc21. The van der Waals surface area contributed by atoms with Gasteiger partial charge in [-0.15, -0.1) is 0 Å². The number of nitrogens with one attached hydrogen (secondary N) is 3. The summed E-state index contributed by atoms with van der Waals surface area (Å²) in [6.07, 6.45) is 21.4. The van der Waals surface area contributed by atoms with Gasteiger partial charge in [0.2, 0.25) is 20.0 Å². The zero-order valence-electron chi connectivity index (χ0n) is 70.4. The Bertz CT molecular complexity index is 5430. The molecular formula is C89H111Cl3N18O12S2. The number of imidazole rings is 3. The van der Waals surface area contributed by atoms with Crippen molar-refractivity contribution >= 4 is 114 Å². The molecule has 662 valence electrons. The lowest BCUT2D eigenvalue weighted by Crippen LogP contribution is -2.50. The Morgan fingerprint density at radius 3 is 1.00 bits per heavy atom. The van der Waals surface area contributed by atoms with Crippen LogP contribution in [-0.4, -0.2) is 229 Å². The van der Waals surface area contributed by atoms with E-state index in [4.69, 9.17) is 68.7 Å². The van der Waals surface area contributed by atoms with Gasteiger partial charge in [0.05, 0.1) is 145 Å². The molecule has 30 nitrogen and oxygen atoms in total. The van der Waals surface area contributed by atoms with E-state index in [1.54, 1.807) is 70.5 Å². The maximum atomic E-state index is 13.0. The number of benzene rings is 3. The highest BCUT2D eigenvalue weighted by molar-refractivity contribution is 7.88. The summed E-state index contributed by atoms with van der Waals surface area (Å²) in [6.45, 7) is 21.1. The Kier molecular flexibility index (Phi) is 31.0. The van der Waals surface area contributed by atoms with Crippen LogP contribution in [0.4, 0.5) is 19.2 Å². The topological polar surface area (TPSA) is 321 Å². The van der Waals surface area contributed by atoms with E-state index in [1.807, 2.05) is 183 Å². The highest BCUT2D eigenvalue weighted by Crippen LogP contribution is 2.49. The third-order valence-corrected chi connectivity index (χ3v) is 24.4. The molecule has 35 heteroatoms. The summed E-state index contributed by atoms with van der Waals surface area (Å²) in [7, 11) is -1.32. The van der Waals surface area contributed by atoms with Gasteiger partial charge in [-0.2, -0.15) is 4.31 Å². The number of nitrogens with zero attached hydrogens (tertiary/aromatic N) is 15. The predicted octanol–water partition coefficient (Wildman–Crippen LogP) is 14.5. The van der Waals surface area contributed by atoms with Crippen LogP contribution in [0, 0.1) is 0 Å². The normalized spacial score (nSPS) is 18.0. The first-order valence-corrected chi connectivity index (χ1v) is 45.3. The average Bonchev–Trinajstić information content (AvgIpc) is 1.59. The van der Waals surface area contributed by atoms with Crippen molar-refractivity contribution < 1.29 is 55.0 Å². The summed E-state index contributed by atoms with van der Waals surface area (Å²) in [6, 6.07) is 26.4. The summed E-state index contributed by atoms with van der Waals surface area (Å²) < 4.78 is 81.1. The van der Waals surface area contributed by atoms with Crippen LogP contribution in [0.2, 0.25) is 15.1 Å².